The fraction of sp³-hybridized carbons (Fsp3) is 0.154. The van der Waals surface area contributed by atoms with Crippen LogP contribution in [0.4, 0.5) is 0 Å². The van der Waals surface area contributed by atoms with Gasteiger partial charge in [-0.1, -0.05) is 24.3 Å². The standard InChI is InChI=1S/C13H10N2O/c1-9(16)6-13-12-5-3-2-4-11(12)10(7-14)8-15-13/h2-5,8H,6H2,1H3. The van der Waals surface area contributed by atoms with E-state index in [9.17, 15) is 4.79 Å². The summed E-state index contributed by atoms with van der Waals surface area (Å²) in [7, 11) is 0. The van der Waals surface area contributed by atoms with Crippen molar-refractivity contribution in [2.75, 3.05) is 0 Å². The number of hydrogen-bond donors (Lipinski definition) is 0. The molecule has 0 saturated heterocycles. The third-order valence-electron chi connectivity index (χ3n) is 2.41. The quantitative estimate of drug-likeness (QED) is 0.763. The SMILES string of the molecule is CC(=O)Cc1ncc(C#N)c2ccccc12. The monoisotopic (exact) mass is 210 g/mol. The molecule has 0 fully saturated rings. The summed E-state index contributed by atoms with van der Waals surface area (Å²) in [4.78, 5) is 15.3. The Labute approximate surface area is 93.3 Å². The second-order valence-electron chi connectivity index (χ2n) is 3.65. The summed E-state index contributed by atoms with van der Waals surface area (Å²) < 4.78 is 0. The molecule has 0 unspecified atom stereocenters. The van der Waals surface area contributed by atoms with Crippen LogP contribution in [0.1, 0.15) is 18.2 Å². The molecule has 0 spiro atoms. The van der Waals surface area contributed by atoms with Crippen LogP contribution < -0.4 is 0 Å². The molecule has 1 aromatic carbocycles. The average molecular weight is 210 g/mol. The molecule has 2 rings (SSSR count). The van der Waals surface area contributed by atoms with E-state index in [0.29, 0.717) is 12.0 Å². The van der Waals surface area contributed by atoms with Gasteiger partial charge in [0.15, 0.2) is 0 Å². The van der Waals surface area contributed by atoms with Gasteiger partial charge in [0, 0.05) is 23.4 Å². The van der Waals surface area contributed by atoms with Crippen LogP contribution in [0.15, 0.2) is 30.5 Å². The Kier molecular flexibility index (Phi) is 2.65. The Morgan fingerprint density at radius 2 is 2.06 bits per heavy atom. The van der Waals surface area contributed by atoms with Gasteiger partial charge >= 0.3 is 0 Å². The molecule has 3 heteroatoms. The average Bonchev–Trinajstić information content (AvgIpc) is 2.29. The van der Waals surface area contributed by atoms with Gasteiger partial charge in [-0.2, -0.15) is 5.26 Å². The predicted molar refractivity (Wildman–Crippen MR) is 60.8 cm³/mol. The zero-order valence-corrected chi connectivity index (χ0v) is 8.90. The molecule has 1 heterocycles. The van der Waals surface area contributed by atoms with E-state index in [1.807, 2.05) is 24.3 Å². The summed E-state index contributed by atoms with van der Waals surface area (Å²) in [5.41, 5.74) is 1.28. The highest BCUT2D eigenvalue weighted by Crippen LogP contribution is 2.20. The van der Waals surface area contributed by atoms with Crippen molar-refractivity contribution < 1.29 is 4.79 Å². The zero-order valence-electron chi connectivity index (χ0n) is 8.90. The second-order valence-corrected chi connectivity index (χ2v) is 3.65. The third kappa shape index (κ3) is 1.78. The molecule has 16 heavy (non-hydrogen) atoms. The van der Waals surface area contributed by atoms with E-state index in [0.717, 1.165) is 16.5 Å². The molecule has 1 aromatic heterocycles. The number of pyridine rings is 1. The van der Waals surface area contributed by atoms with Gasteiger partial charge in [0.25, 0.3) is 0 Å². The molecule has 3 nitrogen and oxygen atoms in total. The maximum absolute atomic E-state index is 11.1. The van der Waals surface area contributed by atoms with E-state index in [1.165, 1.54) is 13.1 Å². The van der Waals surface area contributed by atoms with Crippen LogP contribution in [0, 0.1) is 11.3 Å². The van der Waals surface area contributed by atoms with Crippen molar-refractivity contribution in [1.29, 1.82) is 5.26 Å². The number of Topliss-reactive ketones (excluding diaryl/α,β-unsaturated/α-hetero) is 1. The number of hydrogen-bond acceptors (Lipinski definition) is 3. The lowest BCUT2D eigenvalue weighted by Crippen LogP contribution is -2.00. The van der Waals surface area contributed by atoms with Gasteiger partial charge in [-0.15, -0.1) is 0 Å². The number of ketones is 1. The van der Waals surface area contributed by atoms with Crippen LogP contribution in [0.25, 0.3) is 10.8 Å². The minimum absolute atomic E-state index is 0.0716. The number of benzene rings is 1. The largest absolute Gasteiger partial charge is 0.300 e. The Balaban J connectivity index is 2.70. The summed E-state index contributed by atoms with van der Waals surface area (Å²) in [6, 6.07) is 9.63. The number of nitrogens with zero attached hydrogens (tertiary/aromatic N) is 2. The molecule has 0 saturated carbocycles. The minimum atomic E-state index is 0.0716. The van der Waals surface area contributed by atoms with E-state index in [1.54, 1.807) is 0 Å². The molecule has 0 aliphatic rings. The van der Waals surface area contributed by atoms with Gasteiger partial charge in [0.05, 0.1) is 11.3 Å². The maximum atomic E-state index is 11.1. The number of carbonyl (C=O) groups is 1. The number of nitriles is 1. The number of rotatable bonds is 2. The minimum Gasteiger partial charge on any atom is -0.300 e. The molecule has 0 atom stereocenters. The first-order valence-electron chi connectivity index (χ1n) is 4.98. The van der Waals surface area contributed by atoms with Crippen molar-refractivity contribution in [3.63, 3.8) is 0 Å². The predicted octanol–water partition coefficient (Wildman–Crippen LogP) is 2.24. The molecule has 0 amide bonds. The zero-order chi connectivity index (χ0) is 11.5. The van der Waals surface area contributed by atoms with Gasteiger partial charge < -0.3 is 0 Å². The van der Waals surface area contributed by atoms with Crippen LogP contribution in [0.2, 0.25) is 0 Å². The fourth-order valence-corrected chi connectivity index (χ4v) is 1.72. The fourth-order valence-electron chi connectivity index (χ4n) is 1.72. The number of carbonyl (C=O) groups excluding carboxylic acids is 1. The van der Waals surface area contributed by atoms with E-state index in [4.69, 9.17) is 5.26 Å². The first kappa shape index (κ1) is 10.3. The van der Waals surface area contributed by atoms with E-state index in [2.05, 4.69) is 11.1 Å². The molecule has 2 aromatic rings. The summed E-state index contributed by atoms with van der Waals surface area (Å²) >= 11 is 0. The van der Waals surface area contributed by atoms with Crippen LogP contribution in [0.3, 0.4) is 0 Å². The molecule has 78 valence electrons. The molecule has 0 radical (unpaired) electrons. The van der Waals surface area contributed by atoms with Crippen molar-refractivity contribution in [2.24, 2.45) is 0 Å². The van der Waals surface area contributed by atoms with Crippen molar-refractivity contribution in [2.45, 2.75) is 13.3 Å². The van der Waals surface area contributed by atoms with Crippen LogP contribution in [-0.2, 0) is 11.2 Å². The van der Waals surface area contributed by atoms with Crippen molar-refractivity contribution in [3.8, 4) is 6.07 Å². The van der Waals surface area contributed by atoms with Crippen molar-refractivity contribution in [3.05, 3.63) is 41.7 Å². The van der Waals surface area contributed by atoms with Gasteiger partial charge in [-0.05, 0) is 6.92 Å². The first-order valence-corrected chi connectivity index (χ1v) is 4.98. The lowest BCUT2D eigenvalue weighted by atomic mass is 10.0. The highest BCUT2D eigenvalue weighted by molar-refractivity contribution is 5.92. The van der Waals surface area contributed by atoms with E-state index >= 15 is 0 Å². The Hall–Kier alpha value is -2.21. The van der Waals surface area contributed by atoms with Gasteiger partial charge in [0.1, 0.15) is 11.9 Å². The second kappa shape index (κ2) is 4.11. The van der Waals surface area contributed by atoms with Gasteiger partial charge in [-0.3, -0.25) is 9.78 Å². The number of fused-ring (bicyclic) bond motifs is 1. The highest BCUT2D eigenvalue weighted by atomic mass is 16.1. The Morgan fingerprint density at radius 3 is 2.69 bits per heavy atom. The number of aromatic nitrogens is 1. The topological polar surface area (TPSA) is 53.8 Å². The highest BCUT2D eigenvalue weighted by Gasteiger charge is 2.08. The van der Waals surface area contributed by atoms with Crippen LogP contribution >= 0.6 is 0 Å². The molecular formula is C13H10N2O. The Bertz CT molecular complexity index is 596. The van der Waals surface area contributed by atoms with E-state index < -0.39 is 0 Å². The molecule has 0 aliphatic heterocycles. The van der Waals surface area contributed by atoms with Crippen molar-refractivity contribution >= 4 is 16.6 Å². The maximum Gasteiger partial charge on any atom is 0.135 e. The molecular weight excluding hydrogens is 200 g/mol. The lowest BCUT2D eigenvalue weighted by Gasteiger charge is -2.04. The third-order valence-corrected chi connectivity index (χ3v) is 2.41. The summed E-state index contributed by atoms with van der Waals surface area (Å²) in [5.74, 6) is 0.0716. The summed E-state index contributed by atoms with van der Waals surface area (Å²) in [6.45, 7) is 1.54. The Morgan fingerprint density at radius 1 is 1.38 bits per heavy atom. The van der Waals surface area contributed by atoms with Crippen molar-refractivity contribution in [1.82, 2.24) is 4.98 Å². The normalized spacial score (nSPS) is 10.0. The van der Waals surface area contributed by atoms with Gasteiger partial charge in [0.2, 0.25) is 0 Å². The molecule has 0 aliphatic carbocycles. The first-order chi connectivity index (χ1) is 7.72. The smallest absolute Gasteiger partial charge is 0.135 e. The lowest BCUT2D eigenvalue weighted by molar-refractivity contribution is -0.116. The van der Waals surface area contributed by atoms with Crippen LogP contribution in [-0.4, -0.2) is 10.8 Å². The van der Waals surface area contributed by atoms with Crippen LogP contribution in [0.5, 0.6) is 0 Å². The van der Waals surface area contributed by atoms with E-state index in [-0.39, 0.29) is 5.78 Å². The molecule has 0 N–H and O–H groups in total. The molecule has 0 bridgehead atoms. The summed E-state index contributed by atoms with van der Waals surface area (Å²) in [5, 5.41) is 10.7. The van der Waals surface area contributed by atoms with Gasteiger partial charge in [-0.25, -0.2) is 0 Å². The summed E-state index contributed by atoms with van der Waals surface area (Å²) in [6.07, 6.45) is 1.84.